The molecule has 0 atom stereocenters. The Labute approximate surface area is 152 Å². The number of carboxylic acids is 1. The third-order valence-corrected chi connectivity index (χ3v) is 4.46. The molecule has 1 aromatic heterocycles. The summed E-state index contributed by atoms with van der Waals surface area (Å²) in [6, 6.07) is 19.5. The molecule has 3 rings (SSSR count). The summed E-state index contributed by atoms with van der Waals surface area (Å²) in [5, 5.41) is 8.99. The van der Waals surface area contributed by atoms with E-state index in [2.05, 4.69) is 49.2 Å². The minimum absolute atomic E-state index is 0.244. The Bertz CT molecular complexity index is 1000. The van der Waals surface area contributed by atoms with Crippen molar-refractivity contribution in [1.29, 1.82) is 0 Å². The van der Waals surface area contributed by atoms with Gasteiger partial charge >= 0.3 is 5.97 Å². The predicted octanol–water partition coefficient (Wildman–Crippen LogP) is 4.45. The van der Waals surface area contributed by atoms with Crippen LogP contribution in [0.2, 0.25) is 0 Å². The molecule has 0 aliphatic heterocycles. The Balaban J connectivity index is 1.98. The lowest BCUT2D eigenvalue weighted by atomic mass is 9.93. The topological polar surface area (TPSA) is 70.2 Å². The number of rotatable bonds is 5. The monoisotopic (exact) mass is 347 g/mol. The molecule has 0 aliphatic carbocycles. The van der Waals surface area contributed by atoms with Gasteiger partial charge in [-0.05, 0) is 40.3 Å². The zero-order valence-corrected chi connectivity index (χ0v) is 14.8. The second kappa shape index (κ2) is 7.40. The number of aromatic nitrogens is 1. The van der Waals surface area contributed by atoms with Crippen molar-refractivity contribution in [3.05, 3.63) is 93.4 Å². The molecule has 0 spiro atoms. The molecule has 132 valence electrons. The van der Waals surface area contributed by atoms with E-state index >= 15 is 0 Å². The molecule has 26 heavy (non-hydrogen) atoms. The molecule has 3 aromatic rings. The average Bonchev–Trinajstić information content (AvgIpc) is 2.62. The van der Waals surface area contributed by atoms with Crippen molar-refractivity contribution in [1.82, 2.24) is 4.98 Å². The molecule has 0 fully saturated rings. The minimum Gasteiger partial charge on any atom is -0.477 e. The zero-order chi connectivity index (χ0) is 18.7. The van der Waals surface area contributed by atoms with Crippen LogP contribution in [-0.4, -0.2) is 16.1 Å². The Hall–Kier alpha value is -3.14. The highest BCUT2D eigenvalue weighted by Gasteiger charge is 2.11. The van der Waals surface area contributed by atoms with Gasteiger partial charge in [0.2, 0.25) is 0 Å². The van der Waals surface area contributed by atoms with E-state index < -0.39 is 11.5 Å². The minimum atomic E-state index is -1.22. The van der Waals surface area contributed by atoms with Crippen molar-refractivity contribution in [2.45, 2.75) is 26.2 Å². The number of aromatic amines is 1. The number of aromatic carboxylic acids is 1. The summed E-state index contributed by atoms with van der Waals surface area (Å²) in [4.78, 5) is 25.6. The van der Waals surface area contributed by atoms with Gasteiger partial charge in [0.25, 0.3) is 5.56 Å². The van der Waals surface area contributed by atoms with Crippen molar-refractivity contribution in [3.8, 4) is 11.1 Å². The van der Waals surface area contributed by atoms with Gasteiger partial charge in [-0.15, -0.1) is 0 Å². The average molecular weight is 347 g/mol. The van der Waals surface area contributed by atoms with Crippen molar-refractivity contribution in [3.63, 3.8) is 0 Å². The van der Waals surface area contributed by atoms with Crippen molar-refractivity contribution < 1.29 is 9.90 Å². The van der Waals surface area contributed by atoms with Gasteiger partial charge in [0.1, 0.15) is 5.56 Å². The molecule has 0 saturated carbocycles. The molecule has 4 heteroatoms. The Kier molecular flexibility index (Phi) is 5.03. The first-order chi connectivity index (χ1) is 12.5. The summed E-state index contributed by atoms with van der Waals surface area (Å²) in [6.07, 6.45) is 0.525. The van der Waals surface area contributed by atoms with Gasteiger partial charge in [0.05, 0.1) is 0 Å². The summed E-state index contributed by atoms with van der Waals surface area (Å²) in [6.45, 7) is 4.33. The molecule has 1 heterocycles. The van der Waals surface area contributed by atoms with E-state index in [0.717, 1.165) is 16.7 Å². The molecule has 0 amide bonds. The van der Waals surface area contributed by atoms with E-state index in [1.165, 1.54) is 11.6 Å². The number of carboxylic acid groups (broad SMARTS) is 1. The van der Waals surface area contributed by atoms with Crippen LogP contribution in [0.25, 0.3) is 11.1 Å². The third-order valence-electron chi connectivity index (χ3n) is 4.46. The molecule has 4 nitrogen and oxygen atoms in total. The Morgan fingerprint density at radius 2 is 1.81 bits per heavy atom. The van der Waals surface area contributed by atoms with Crippen LogP contribution in [-0.2, 0) is 6.42 Å². The van der Waals surface area contributed by atoms with Crippen LogP contribution in [0.4, 0.5) is 0 Å². The molecule has 0 aliphatic rings. The van der Waals surface area contributed by atoms with Gasteiger partial charge in [-0.3, -0.25) is 4.79 Å². The fourth-order valence-corrected chi connectivity index (χ4v) is 3.01. The second-order valence-electron chi connectivity index (χ2n) is 6.65. The van der Waals surface area contributed by atoms with Crippen LogP contribution < -0.4 is 5.56 Å². The van der Waals surface area contributed by atoms with Crippen molar-refractivity contribution in [2.75, 3.05) is 0 Å². The fraction of sp³-hybridized carbons (Fsp3) is 0.182. The van der Waals surface area contributed by atoms with E-state index in [0.29, 0.717) is 18.0 Å². The molecular formula is C22H21NO3. The standard InChI is InChI=1S/C22H21NO3/c1-14(2)15-7-5-8-16(12-15)19-9-4-3-6-17(19)13-18-10-11-20(22(25)26)21(24)23-18/h3-12,14H,13H2,1-2H3,(H,23,24)(H,25,26). The van der Waals surface area contributed by atoms with E-state index in [4.69, 9.17) is 5.11 Å². The van der Waals surface area contributed by atoms with Crippen molar-refractivity contribution >= 4 is 5.97 Å². The highest BCUT2D eigenvalue weighted by atomic mass is 16.4. The summed E-state index contributed by atoms with van der Waals surface area (Å²) in [5.74, 6) is -0.772. The molecule has 0 radical (unpaired) electrons. The van der Waals surface area contributed by atoms with Gasteiger partial charge in [-0.2, -0.15) is 0 Å². The molecule has 0 unspecified atom stereocenters. The van der Waals surface area contributed by atoms with Crippen LogP contribution in [0, 0.1) is 0 Å². The molecule has 0 saturated heterocycles. The first-order valence-electron chi connectivity index (χ1n) is 8.59. The van der Waals surface area contributed by atoms with Gasteiger partial charge in [0.15, 0.2) is 0 Å². The summed E-state index contributed by atoms with van der Waals surface area (Å²) < 4.78 is 0. The quantitative estimate of drug-likeness (QED) is 0.716. The maximum atomic E-state index is 11.9. The number of benzene rings is 2. The Morgan fingerprint density at radius 3 is 2.50 bits per heavy atom. The number of hydrogen-bond donors (Lipinski definition) is 2. The number of hydrogen-bond acceptors (Lipinski definition) is 2. The smallest absolute Gasteiger partial charge is 0.341 e. The maximum absolute atomic E-state index is 11.9. The summed E-state index contributed by atoms with van der Waals surface area (Å²) in [5.41, 5.74) is 4.46. The van der Waals surface area contributed by atoms with E-state index in [-0.39, 0.29) is 5.56 Å². The molecule has 2 aromatic carbocycles. The normalized spacial score (nSPS) is 10.9. The van der Waals surface area contributed by atoms with Crippen LogP contribution in [0.3, 0.4) is 0 Å². The van der Waals surface area contributed by atoms with E-state index in [1.807, 2.05) is 18.2 Å². The number of H-pyrrole nitrogens is 1. The Morgan fingerprint density at radius 1 is 1.04 bits per heavy atom. The lowest BCUT2D eigenvalue weighted by molar-refractivity contribution is 0.0695. The first-order valence-corrected chi connectivity index (χ1v) is 8.59. The second-order valence-corrected chi connectivity index (χ2v) is 6.65. The van der Waals surface area contributed by atoms with Gasteiger partial charge in [-0.1, -0.05) is 62.4 Å². The van der Waals surface area contributed by atoms with Crippen LogP contribution in [0.5, 0.6) is 0 Å². The molecule has 0 bridgehead atoms. The summed E-state index contributed by atoms with van der Waals surface area (Å²) >= 11 is 0. The highest BCUT2D eigenvalue weighted by molar-refractivity contribution is 5.87. The fourth-order valence-electron chi connectivity index (χ4n) is 3.01. The lowest BCUT2D eigenvalue weighted by Gasteiger charge is -2.12. The first kappa shape index (κ1) is 17.7. The number of pyridine rings is 1. The van der Waals surface area contributed by atoms with Gasteiger partial charge < -0.3 is 10.1 Å². The lowest BCUT2D eigenvalue weighted by Crippen LogP contribution is -2.18. The highest BCUT2D eigenvalue weighted by Crippen LogP contribution is 2.28. The SMILES string of the molecule is CC(C)c1cccc(-c2ccccc2Cc2ccc(C(=O)O)c(=O)[nH]2)c1. The van der Waals surface area contributed by atoms with Crippen LogP contribution in [0.15, 0.2) is 65.5 Å². The van der Waals surface area contributed by atoms with E-state index in [9.17, 15) is 9.59 Å². The van der Waals surface area contributed by atoms with Gasteiger partial charge in [-0.25, -0.2) is 4.79 Å². The van der Waals surface area contributed by atoms with Gasteiger partial charge in [0, 0.05) is 12.1 Å². The van der Waals surface area contributed by atoms with E-state index in [1.54, 1.807) is 6.07 Å². The molecular weight excluding hydrogens is 326 g/mol. The van der Waals surface area contributed by atoms with Crippen molar-refractivity contribution in [2.24, 2.45) is 0 Å². The maximum Gasteiger partial charge on any atom is 0.341 e. The van der Waals surface area contributed by atoms with Crippen LogP contribution >= 0.6 is 0 Å². The molecule has 2 N–H and O–H groups in total. The third kappa shape index (κ3) is 3.75. The van der Waals surface area contributed by atoms with Crippen LogP contribution in [0.1, 0.15) is 46.9 Å². The predicted molar refractivity (Wildman–Crippen MR) is 103 cm³/mol. The summed E-state index contributed by atoms with van der Waals surface area (Å²) in [7, 11) is 0. The number of carbonyl (C=O) groups is 1. The number of nitrogens with one attached hydrogen (secondary N) is 1. The largest absolute Gasteiger partial charge is 0.477 e. The zero-order valence-electron chi connectivity index (χ0n) is 14.8.